The molecule has 0 atom stereocenters. The van der Waals surface area contributed by atoms with Crippen molar-refractivity contribution in [3.05, 3.63) is 54.2 Å². The fourth-order valence-corrected chi connectivity index (χ4v) is 4.94. The molecule has 6 rings (SSSR count). The van der Waals surface area contributed by atoms with E-state index in [0.717, 1.165) is 58.2 Å². The number of carbonyl (C=O) groups is 1. The quantitative estimate of drug-likeness (QED) is 0.335. The first kappa shape index (κ1) is 19.4. The molecule has 2 aliphatic rings. The van der Waals surface area contributed by atoms with E-state index in [1.807, 2.05) is 42.5 Å². The van der Waals surface area contributed by atoms with Gasteiger partial charge in [0.2, 0.25) is 0 Å². The number of rotatable bonds is 6. The van der Waals surface area contributed by atoms with Crippen molar-refractivity contribution in [2.24, 2.45) is 0 Å². The molecule has 0 spiro atoms. The lowest BCUT2D eigenvalue weighted by Crippen LogP contribution is -2.05. The Labute approximate surface area is 189 Å². The minimum Gasteiger partial charge on any atom is -0.490 e. The Morgan fingerprint density at radius 1 is 1.09 bits per heavy atom. The maximum atomic E-state index is 12.9. The molecule has 1 saturated carbocycles. The predicted octanol–water partition coefficient (Wildman–Crippen LogP) is 4.90. The number of ketones is 1. The molecule has 2 aromatic carbocycles. The smallest absolute Gasteiger partial charge is 0.192 e. The average Bonchev–Trinajstić information content (AvgIpc) is 3.50. The van der Waals surface area contributed by atoms with Crippen molar-refractivity contribution in [2.45, 2.75) is 30.5 Å². The first-order valence-corrected chi connectivity index (χ1v) is 11.8. The first-order valence-electron chi connectivity index (χ1n) is 10.8. The van der Waals surface area contributed by atoms with E-state index in [0.29, 0.717) is 30.6 Å². The summed E-state index contributed by atoms with van der Waals surface area (Å²) in [6, 6.07) is 14.2. The molecule has 32 heavy (non-hydrogen) atoms. The number of aromatic amines is 1. The van der Waals surface area contributed by atoms with Gasteiger partial charge >= 0.3 is 0 Å². The summed E-state index contributed by atoms with van der Waals surface area (Å²) in [5.74, 6) is 2.71. The normalized spacial score (nSPS) is 15.6. The average molecular weight is 447 g/mol. The van der Waals surface area contributed by atoms with E-state index in [9.17, 15) is 4.79 Å². The third kappa shape index (κ3) is 3.54. The van der Waals surface area contributed by atoms with E-state index >= 15 is 0 Å². The zero-order valence-corrected chi connectivity index (χ0v) is 18.2. The maximum Gasteiger partial charge on any atom is 0.192 e. The van der Waals surface area contributed by atoms with Gasteiger partial charge in [-0.25, -0.2) is 0 Å². The van der Waals surface area contributed by atoms with Crippen LogP contribution in [0.4, 0.5) is 0 Å². The third-order valence-corrected chi connectivity index (χ3v) is 6.75. The van der Waals surface area contributed by atoms with Gasteiger partial charge in [0.1, 0.15) is 0 Å². The van der Waals surface area contributed by atoms with Gasteiger partial charge in [-0.1, -0.05) is 30.0 Å². The molecule has 2 aromatic heterocycles. The number of nitrogens with one attached hydrogen (secondary N) is 1. The van der Waals surface area contributed by atoms with Crippen molar-refractivity contribution in [1.82, 2.24) is 19.7 Å². The molecule has 0 radical (unpaired) electrons. The van der Waals surface area contributed by atoms with Crippen LogP contribution in [-0.2, 0) is 0 Å². The summed E-state index contributed by atoms with van der Waals surface area (Å²) < 4.78 is 13.8. The van der Waals surface area contributed by atoms with Crippen LogP contribution in [-0.4, -0.2) is 44.5 Å². The summed E-state index contributed by atoms with van der Waals surface area (Å²) >= 11 is 1.45. The Balaban J connectivity index is 1.26. The lowest BCUT2D eigenvalue weighted by atomic mass is 10.1. The fourth-order valence-electron chi connectivity index (χ4n) is 4.05. The molecule has 8 heteroatoms. The van der Waals surface area contributed by atoms with Crippen molar-refractivity contribution < 1.29 is 14.3 Å². The summed E-state index contributed by atoms with van der Waals surface area (Å²) in [7, 11) is 0. The number of H-pyrrole nitrogens is 1. The molecular formula is C24H22N4O3S. The zero-order valence-electron chi connectivity index (χ0n) is 17.4. The van der Waals surface area contributed by atoms with Crippen LogP contribution in [0.25, 0.3) is 22.3 Å². The second-order valence-electron chi connectivity index (χ2n) is 8.08. The van der Waals surface area contributed by atoms with Crippen molar-refractivity contribution >= 4 is 28.4 Å². The van der Waals surface area contributed by atoms with Crippen molar-refractivity contribution in [1.29, 1.82) is 0 Å². The number of carbonyl (C=O) groups excluding carboxylic acids is 1. The van der Waals surface area contributed by atoms with Crippen LogP contribution in [0.5, 0.6) is 11.5 Å². The minimum atomic E-state index is 0.0786. The Morgan fingerprint density at radius 3 is 2.81 bits per heavy atom. The second kappa shape index (κ2) is 8.02. The summed E-state index contributed by atoms with van der Waals surface area (Å²) in [6.07, 6.45) is 4.86. The topological polar surface area (TPSA) is 82.0 Å². The monoisotopic (exact) mass is 446 g/mol. The van der Waals surface area contributed by atoms with E-state index < -0.39 is 0 Å². The third-order valence-electron chi connectivity index (χ3n) is 5.80. The molecule has 1 aliphatic carbocycles. The Hall–Kier alpha value is -3.26. The van der Waals surface area contributed by atoms with Crippen molar-refractivity contribution in [2.75, 3.05) is 19.0 Å². The molecule has 4 aromatic rings. The number of fused-ring (bicyclic) bond motifs is 2. The summed E-state index contributed by atoms with van der Waals surface area (Å²) in [4.78, 5) is 16.1. The van der Waals surface area contributed by atoms with Gasteiger partial charge in [-0.3, -0.25) is 9.36 Å². The number of para-hydroxylation sites is 1. The van der Waals surface area contributed by atoms with Crippen LogP contribution in [0.2, 0.25) is 0 Å². The SMILES string of the molecule is O=C(CSc1nnc(-c2ccc3c(c2)OCCCO3)n1C1CC1)c1c[nH]c2ccccc12. The Kier molecular flexibility index (Phi) is 4.87. The van der Waals surface area contributed by atoms with E-state index in [1.54, 1.807) is 6.20 Å². The maximum absolute atomic E-state index is 12.9. The molecule has 7 nitrogen and oxygen atoms in total. The largest absolute Gasteiger partial charge is 0.490 e. The second-order valence-corrected chi connectivity index (χ2v) is 9.02. The number of ether oxygens (including phenoxy) is 2. The summed E-state index contributed by atoms with van der Waals surface area (Å²) in [5, 5.41) is 10.7. The molecule has 1 N–H and O–H groups in total. The first-order chi connectivity index (χ1) is 15.8. The number of hydrogen-bond acceptors (Lipinski definition) is 6. The molecular weight excluding hydrogens is 424 g/mol. The number of thioether (sulfide) groups is 1. The van der Waals surface area contributed by atoms with E-state index in [-0.39, 0.29) is 5.78 Å². The van der Waals surface area contributed by atoms with Gasteiger partial charge in [-0.05, 0) is 37.1 Å². The van der Waals surface area contributed by atoms with Crippen LogP contribution in [0.15, 0.2) is 53.8 Å². The van der Waals surface area contributed by atoms with Crippen LogP contribution in [0.1, 0.15) is 35.7 Å². The highest BCUT2D eigenvalue weighted by atomic mass is 32.2. The van der Waals surface area contributed by atoms with Gasteiger partial charge in [0, 0.05) is 40.7 Å². The predicted molar refractivity (Wildman–Crippen MR) is 123 cm³/mol. The van der Waals surface area contributed by atoms with Crippen LogP contribution >= 0.6 is 11.8 Å². The number of benzene rings is 2. The van der Waals surface area contributed by atoms with Gasteiger partial charge in [-0.2, -0.15) is 0 Å². The Bertz CT molecular complexity index is 1310. The molecule has 1 fully saturated rings. The standard InChI is InChI=1S/C24H22N4O3S/c29-20(18-13-25-19-5-2-1-4-17(18)19)14-32-24-27-26-23(28(24)16-7-8-16)15-6-9-21-22(12-15)31-11-3-10-30-21/h1-2,4-6,9,12-13,16,25H,3,7-8,10-11,14H2. The van der Waals surface area contributed by atoms with E-state index in [2.05, 4.69) is 19.7 Å². The molecule has 0 saturated heterocycles. The van der Waals surface area contributed by atoms with Crippen LogP contribution in [0, 0.1) is 0 Å². The van der Waals surface area contributed by atoms with Crippen LogP contribution < -0.4 is 9.47 Å². The summed E-state index contributed by atoms with van der Waals surface area (Å²) in [5.41, 5.74) is 2.64. The molecule has 0 bridgehead atoms. The number of nitrogens with zero attached hydrogens (tertiary/aromatic N) is 3. The van der Waals surface area contributed by atoms with Gasteiger partial charge < -0.3 is 14.5 Å². The highest BCUT2D eigenvalue weighted by molar-refractivity contribution is 7.99. The molecule has 1 aliphatic heterocycles. The minimum absolute atomic E-state index is 0.0786. The molecule has 3 heterocycles. The van der Waals surface area contributed by atoms with Crippen LogP contribution in [0.3, 0.4) is 0 Å². The zero-order chi connectivity index (χ0) is 21.5. The van der Waals surface area contributed by atoms with Gasteiger partial charge in [0.15, 0.2) is 28.3 Å². The molecule has 0 amide bonds. The number of aromatic nitrogens is 4. The molecule has 0 unspecified atom stereocenters. The number of Topliss-reactive ketones (excluding diaryl/α,β-unsaturated/α-hetero) is 1. The molecule has 162 valence electrons. The van der Waals surface area contributed by atoms with E-state index in [1.165, 1.54) is 11.8 Å². The van der Waals surface area contributed by atoms with Crippen molar-refractivity contribution in [3.8, 4) is 22.9 Å². The van der Waals surface area contributed by atoms with Crippen molar-refractivity contribution in [3.63, 3.8) is 0 Å². The summed E-state index contributed by atoms with van der Waals surface area (Å²) in [6.45, 7) is 1.30. The van der Waals surface area contributed by atoms with Gasteiger partial charge in [0.05, 0.1) is 19.0 Å². The number of hydrogen-bond donors (Lipinski definition) is 1. The highest BCUT2D eigenvalue weighted by Gasteiger charge is 2.31. The lowest BCUT2D eigenvalue weighted by Gasteiger charge is -2.11. The fraction of sp³-hybridized carbons (Fsp3) is 0.292. The van der Waals surface area contributed by atoms with Gasteiger partial charge in [0.25, 0.3) is 0 Å². The highest BCUT2D eigenvalue weighted by Crippen LogP contribution is 2.42. The Morgan fingerprint density at radius 2 is 1.94 bits per heavy atom. The van der Waals surface area contributed by atoms with E-state index in [4.69, 9.17) is 9.47 Å². The van der Waals surface area contributed by atoms with Gasteiger partial charge in [-0.15, -0.1) is 10.2 Å². The lowest BCUT2D eigenvalue weighted by molar-refractivity contribution is 0.102.